The van der Waals surface area contributed by atoms with Crippen LogP contribution in [-0.2, 0) is 14.3 Å². The Hall–Kier alpha value is -3.35. The highest BCUT2D eigenvalue weighted by Gasteiger charge is 2.19. The molecule has 0 unspecified atom stereocenters. The first-order valence-corrected chi connectivity index (χ1v) is 9.56. The maximum atomic E-state index is 12.5. The van der Waals surface area contributed by atoms with Gasteiger partial charge in [0.05, 0.1) is 17.8 Å². The number of ether oxygens (including phenoxy) is 1. The molecule has 7 heteroatoms. The second kappa shape index (κ2) is 10.8. The van der Waals surface area contributed by atoms with Crippen molar-refractivity contribution in [3.05, 3.63) is 60.2 Å². The van der Waals surface area contributed by atoms with E-state index in [1.165, 1.54) is 11.9 Å². The number of carbonyl (C=O) groups excluding carboxylic acids is 3. The lowest BCUT2D eigenvalue weighted by molar-refractivity contribution is -0.140. The van der Waals surface area contributed by atoms with Crippen molar-refractivity contribution in [1.29, 1.82) is 0 Å². The summed E-state index contributed by atoms with van der Waals surface area (Å²) in [5.41, 5.74) is 1.74. The normalized spacial score (nSPS) is 10.2. The predicted molar refractivity (Wildman–Crippen MR) is 112 cm³/mol. The molecule has 0 saturated carbocycles. The summed E-state index contributed by atoms with van der Waals surface area (Å²) >= 11 is 0. The number of esters is 1. The van der Waals surface area contributed by atoms with E-state index in [0.29, 0.717) is 24.3 Å². The van der Waals surface area contributed by atoms with Crippen LogP contribution in [0.5, 0.6) is 0 Å². The van der Waals surface area contributed by atoms with Crippen molar-refractivity contribution in [3.8, 4) is 0 Å². The van der Waals surface area contributed by atoms with Crippen LogP contribution in [0.1, 0.15) is 24.2 Å². The summed E-state index contributed by atoms with van der Waals surface area (Å²) < 4.78 is 5.19. The van der Waals surface area contributed by atoms with Gasteiger partial charge in [-0.2, -0.15) is 0 Å². The first-order valence-electron chi connectivity index (χ1n) is 9.56. The van der Waals surface area contributed by atoms with Gasteiger partial charge in [0.1, 0.15) is 0 Å². The van der Waals surface area contributed by atoms with E-state index in [1.54, 1.807) is 29.2 Å². The number of nitrogens with one attached hydrogen (secondary N) is 1. The first-order chi connectivity index (χ1) is 14.0. The summed E-state index contributed by atoms with van der Waals surface area (Å²) in [6.45, 7) is 4.44. The molecule has 2 rings (SSSR count). The molecule has 7 nitrogen and oxygen atoms in total. The molecule has 29 heavy (non-hydrogen) atoms. The number of para-hydroxylation sites is 2. The third-order valence-corrected chi connectivity index (χ3v) is 4.44. The molecule has 2 aromatic carbocycles. The van der Waals surface area contributed by atoms with E-state index in [9.17, 15) is 14.4 Å². The lowest BCUT2D eigenvalue weighted by Crippen LogP contribution is -2.42. The van der Waals surface area contributed by atoms with Gasteiger partial charge in [-0.15, -0.1) is 0 Å². The number of likely N-dealkylation sites (N-methyl/N-ethyl adjacent to an activating group) is 2. The van der Waals surface area contributed by atoms with Gasteiger partial charge in [-0.05, 0) is 38.1 Å². The van der Waals surface area contributed by atoms with Crippen molar-refractivity contribution in [2.45, 2.75) is 13.8 Å². The van der Waals surface area contributed by atoms with Crippen LogP contribution in [0.15, 0.2) is 54.6 Å². The van der Waals surface area contributed by atoms with Gasteiger partial charge < -0.3 is 19.9 Å². The second-order valence-corrected chi connectivity index (χ2v) is 6.43. The molecular weight excluding hydrogens is 370 g/mol. The van der Waals surface area contributed by atoms with Gasteiger partial charge in [-0.1, -0.05) is 30.3 Å². The highest BCUT2D eigenvalue weighted by Crippen LogP contribution is 2.21. The first kappa shape index (κ1) is 21.9. The van der Waals surface area contributed by atoms with Crippen molar-refractivity contribution in [3.63, 3.8) is 0 Å². The van der Waals surface area contributed by atoms with Crippen LogP contribution in [0.25, 0.3) is 0 Å². The largest absolute Gasteiger partial charge is 0.452 e. The third-order valence-electron chi connectivity index (χ3n) is 4.44. The summed E-state index contributed by atoms with van der Waals surface area (Å²) in [4.78, 5) is 39.8. The van der Waals surface area contributed by atoms with E-state index >= 15 is 0 Å². The Kier molecular flexibility index (Phi) is 8.21. The Balaban J connectivity index is 1.95. The zero-order valence-electron chi connectivity index (χ0n) is 17.1. The Morgan fingerprint density at radius 3 is 2.17 bits per heavy atom. The molecule has 0 heterocycles. The maximum Gasteiger partial charge on any atom is 0.340 e. The van der Waals surface area contributed by atoms with E-state index in [-0.39, 0.29) is 12.5 Å². The fourth-order valence-corrected chi connectivity index (χ4v) is 2.73. The molecule has 0 radical (unpaired) electrons. The fourth-order valence-electron chi connectivity index (χ4n) is 2.73. The minimum Gasteiger partial charge on any atom is -0.452 e. The standard InChI is InChI=1S/C22H27N3O4/c1-4-25(5-2)20(26)15-24(3)21(27)16-29-22(28)18-13-9-10-14-19(18)23-17-11-7-6-8-12-17/h6-14,23H,4-5,15-16H2,1-3H3. The lowest BCUT2D eigenvalue weighted by atomic mass is 10.1. The molecule has 0 aliphatic heterocycles. The lowest BCUT2D eigenvalue weighted by Gasteiger charge is -2.23. The van der Waals surface area contributed by atoms with Crippen LogP contribution in [-0.4, -0.2) is 60.9 Å². The minimum absolute atomic E-state index is 0.0514. The minimum atomic E-state index is -0.610. The predicted octanol–water partition coefficient (Wildman–Crippen LogP) is 2.91. The molecule has 0 atom stereocenters. The van der Waals surface area contributed by atoms with Gasteiger partial charge in [0.15, 0.2) is 6.61 Å². The van der Waals surface area contributed by atoms with Crippen molar-refractivity contribution in [2.75, 3.05) is 38.6 Å². The molecule has 0 bridgehead atoms. The molecule has 2 aromatic rings. The van der Waals surface area contributed by atoms with Crippen LogP contribution in [0.4, 0.5) is 11.4 Å². The molecule has 0 aliphatic carbocycles. The van der Waals surface area contributed by atoms with Crippen LogP contribution in [0, 0.1) is 0 Å². The molecule has 0 fully saturated rings. The van der Waals surface area contributed by atoms with Gasteiger partial charge in [0.25, 0.3) is 5.91 Å². The molecule has 0 saturated heterocycles. The Bertz CT molecular complexity index is 835. The Labute approximate surface area is 171 Å². The van der Waals surface area contributed by atoms with E-state index < -0.39 is 18.5 Å². The summed E-state index contributed by atoms with van der Waals surface area (Å²) in [6.07, 6.45) is 0. The number of hydrogen-bond donors (Lipinski definition) is 1. The Morgan fingerprint density at radius 1 is 0.897 bits per heavy atom. The number of benzene rings is 2. The van der Waals surface area contributed by atoms with Crippen LogP contribution < -0.4 is 5.32 Å². The van der Waals surface area contributed by atoms with E-state index in [2.05, 4.69) is 5.32 Å². The molecule has 1 N–H and O–H groups in total. The quantitative estimate of drug-likeness (QED) is 0.658. The number of rotatable bonds is 9. The molecular formula is C22H27N3O4. The third kappa shape index (κ3) is 6.34. The highest BCUT2D eigenvalue weighted by atomic mass is 16.5. The number of nitrogens with zero attached hydrogens (tertiary/aromatic N) is 2. The van der Waals surface area contributed by atoms with Crippen LogP contribution >= 0.6 is 0 Å². The second-order valence-electron chi connectivity index (χ2n) is 6.43. The summed E-state index contributed by atoms with van der Waals surface area (Å²) in [7, 11) is 1.52. The zero-order chi connectivity index (χ0) is 21.2. The van der Waals surface area contributed by atoms with E-state index in [1.807, 2.05) is 44.2 Å². The fraction of sp³-hybridized carbons (Fsp3) is 0.318. The average molecular weight is 397 g/mol. The smallest absolute Gasteiger partial charge is 0.340 e. The van der Waals surface area contributed by atoms with Gasteiger partial charge in [0.2, 0.25) is 5.91 Å². The number of carbonyl (C=O) groups is 3. The molecule has 2 amide bonds. The van der Waals surface area contributed by atoms with E-state index in [0.717, 1.165) is 5.69 Å². The van der Waals surface area contributed by atoms with Crippen molar-refractivity contribution >= 4 is 29.2 Å². The van der Waals surface area contributed by atoms with Gasteiger partial charge in [-0.25, -0.2) is 4.79 Å². The molecule has 0 aromatic heterocycles. The molecule has 0 aliphatic rings. The molecule has 0 spiro atoms. The monoisotopic (exact) mass is 397 g/mol. The van der Waals surface area contributed by atoms with Gasteiger partial charge in [0, 0.05) is 25.8 Å². The van der Waals surface area contributed by atoms with Crippen molar-refractivity contribution in [2.24, 2.45) is 0 Å². The topological polar surface area (TPSA) is 79.0 Å². The Morgan fingerprint density at radius 2 is 1.52 bits per heavy atom. The summed E-state index contributed by atoms with van der Waals surface area (Å²) in [6, 6.07) is 16.4. The maximum absolute atomic E-state index is 12.5. The SMILES string of the molecule is CCN(CC)C(=O)CN(C)C(=O)COC(=O)c1ccccc1Nc1ccccc1. The summed E-state index contributed by atoms with van der Waals surface area (Å²) in [5, 5.41) is 3.17. The van der Waals surface area contributed by atoms with Crippen molar-refractivity contribution in [1.82, 2.24) is 9.80 Å². The number of amides is 2. The number of anilines is 2. The van der Waals surface area contributed by atoms with Gasteiger partial charge >= 0.3 is 5.97 Å². The molecule has 154 valence electrons. The van der Waals surface area contributed by atoms with E-state index in [4.69, 9.17) is 4.74 Å². The van der Waals surface area contributed by atoms with Crippen LogP contribution in [0.2, 0.25) is 0 Å². The average Bonchev–Trinajstić information content (AvgIpc) is 2.73. The van der Waals surface area contributed by atoms with Crippen LogP contribution in [0.3, 0.4) is 0 Å². The van der Waals surface area contributed by atoms with Gasteiger partial charge in [-0.3, -0.25) is 9.59 Å². The summed E-state index contributed by atoms with van der Waals surface area (Å²) in [5.74, 6) is -1.19. The zero-order valence-corrected chi connectivity index (χ0v) is 17.1. The van der Waals surface area contributed by atoms with Crippen molar-refractivity contribution < 1.29 is 19.1 Å². The highest BCUT2D eigenvalue weighted by molar-refractivity contribution is 5.97. The number of hydrogen-bond acceptors (Lipinski definition) is 5.